The van der Waals surface area contributed by atoms with Gasteiger partial charge in [0, 0.05) is 12.1 Å². The minimum atomic E-state index is -0.498. The molecule has 5 heteroatoms. The van der Waals surface area contributed by atoms with Crippen molar-refractivity contribution >= 4 is 17.5 Å². The first kappa shape index (κ1) is 11.4. The van der Waals surface area contributed by atoms with Gasteiger partial charge in [0.25, 0.3) is 0 Å². The molecule has 1 saturated heterocycles. The first-order chi connectivity index (χ1) is 8.06. The predicted octanol–water partition coefficient (Wildman–Crippen LogP) is -0.186. The third kappa shape index (κ3) is 2.55. The van der Waals surface area contributed by atoms with Crippen LogP contribution in [0.15, 0.2) is 24.3 Å². The van der Waals surface area contributed by atoms with Gasteiger partial charge in [0.2, 0.25) is 11.8 Å². The lowest BCUT2D eigenvalue weighted by atomic mass is 10.0. The molecule has 0 unspecified atom stereocenters. The number of carbonyl (C=O) groups is 2. The highest BCUT2D eigenvalue weighted by atomic mass is 16.2. The Morgan fingerprint density at radius 1 is 1.12 bits per heavy atom. The second-order valence-electron chi connectivity index (χ2n) is 4.24. The van der Waals surface area contributed by atoms with Crippen LogP contribution in [0.4, 0.5) is 5.69 Å². The van der Waals surface area contributed by atoms with E-state index in [9.17, 15) is 9.59 Å². The Morgan fingerprint density at radius 2 is 1.76 bits per heavy atom. The molecular weight excluding hydrogens is 218 g/mol. The zero-order chi connectivity index (χ0) is 12.4. The maximum atomic E-state index is 11.7. The second-order valence-corrected chi connectivity index (χ2v) is 4.24. The summed E-state index contributed by atoms with van der Waals surface area (Å²) in [5.41, 5.74) is 7.23. The van der Waals surface area contributed by atoms with E-state index in [2.05, 4.69) is 10.6 Å². The molecule has 0 spiro atoms. The van der Waals surface area contributed by atoms with Gasteiger partial charge >= 0.3 is 0 Å². The molecule has 2 amide bonds. The van der Waals surface area contributed by atoms with Crippen molar-refractivity contribution in [2.24, 2.45) is 0 Å². The number of amides is 2. The van der Waals surface area contributed by atoms with Gasteiger partial charge in [-0.3, -0.25) is 9.59 Å². The molecule has 1 heterocycles. The van der Waals surface area contributed by atoms with Gasteiger partial charge in [0.1, 0.15) is 12.1 Å². The fraction of sp³-hybridized carbons (Fsp3) is 0.333. The number of hydrogen-bond acceptors (Lipinski definition) is 3. The van der Waals surface area contributed by atoms with Gasteiger partial charge in [-0.1, -0.05) is 12.1 Å². The van der Waals surface area contributed by atoms with E-state index in [0.29, 0.717) is 12.1 Å². The molecule has 1 aromatic rings. The van der Waals surface area contributed by atoms with Crippen molar-refractivity contribution in [3.05, 3.63) is 29.8 Å². The molecular formula is C12H15N3O2. The van der Waals surface area contributed by atoms with Crippen LogP contribution < -0.4 is 16.4 Å². The van der Waals surface area contributed by atoms with Crippen molar-refractivity contribution in [2.75, 3.05) is 5.73 Å². The van der Waals surface area contributed by atoms with Crippen LogP contribution in [0, 0.1) is 0 Å². The molecule has 5 nitrogen and oxygen atoms in total. The van der Waals surface area contributed by atoms with Crippen molar-refractivity contribution < 1.29 is 9.59 Å². The summed E-state index contributed by atoms with van der Waals surface area (Å²) in [5.74, 6) is -0.293. The number of benzene rings is 1. The molecule has 2 rings (SSSR count). The van der Waals surface area contributed by atoms with Crippen LogP contribution in [-0.2, 0) is 16.0 Å². The van der Waals surface area contributed by atoms with Gasteiger partial charge in [-0.15, -0.1) is 0 Å². The summed E-state index contributed by atoms with van der Waals surface area (Å²) in [6.45, 7) is 1.66. The normalized spacial score (nSPS) is 24.1. The van der Waals surface area contributed by atoms with Gasteiger partial charge in [-0.2, -0.15) is 0 Å². The van der Waals surface area contributed by atoms with Crippen molar-refractivity contribution in [1.29, 1.82) is 0 Å². The topological polar surface area (TPSA) is 84.2 Å². The molecule has 0 saturated carbocycles. The number of nitrogens with two attached hydrogens (primary N) is 1. The average molecular weight is 233 g/mol. The molecule has 2 atom stereocenters. The Labute approximate surface area is 99.4 Å². The van der Waals surface area contributed by atoms with Crippen molar-refractivity contribution in [1.82, 2.24) is 10.6 Å². The van der Waals surface area contributed by atoms with Gasteiger partial charge in [-0.25, -0.2) is 0 Å². The molecule has 0 aromatic heterocycles. The maximum Gasteiger partial charge on any atom is 0.243 e. The summed E-state index contributed by atoms with van der Waals surface area (Å²) in [5, 5.41) is 5.33. The van der Waals surface area contributed by atoms with Crippen LogP contribution in [0.25, 0.3) is 0 Å². The van der Waals surface area contributed by atoms with Crippen LogP contribution in [0.5, 0.6) is 0 Å². The lowest BCUT2D eigenvalue weighted by Crippen LogP contribution is -2.61. The monoisotopic (exact) mass is 233 g/mol. The number of hydrogen-bond donors (Lipinski definition) is 3. The first-order valence-electron chi connectivity index (χ1n) is 5.51. The lowest BCUT2D eigenvalue weighted by Gasteiger charge is -2.27. The minimum absolute atomic E-state index is 0.145. The molecule has 0 radical (unpaired) electrons. The Hall–Kier alpha value is -2.04. The zero-order valence-corrected chi connectivity index (χ0v) is 9.57. The van der Waals surface area contributed by atoms with E-state index in [0.717, 1.165) is 5.56 Å². The van der Waals surface area contributed by atoms with E-state index >= 15 is 0 Å². The number of anilines is 1. The highest BCUT2D eigenvalue weighted by molar-refractivity contribution is 5.96. The molecule has 1 aliphatic rings. The molecule has 0 bridgehead atoms. The fourth-order valence-corrected chi connectivity index (χ4v) is 1.77. The van der Waals surface area contributed by atoms with Crippen LogP contribution in [0.1, 0.15) is 12.5 Å². The van der Waals surface area contributed by atoms with E-state index in [1.165, 1.54) is 0 Å². The summed E-state index contributed by atoms with van der Waals surface area (Å²) in [6, 6.07) is 6.31. The Bertz CT molecular complexity index is 442. The maximum absolute atomic E-state index is 11.7. The predicted molar refractivity (Wildman–Crippen MR) is 64.1 cm³/mol. The minimum Gasteiger partial charge on any atom is -0.399 e. The van der Waals surface area contributed by atoms with Crippen molar-refractivity contribution in [2.45, 2.75) is 25.4 Å². The van der Waals surface area contributed by atoms with E-state index in [1.807, 2.05) is 12.1 Å². The smallest absolute Gasteiger partial charge is 0.243 e. The summed E-state index contributed by atoms with van der Waals surface area (Å²) in [7, 11) is 0. The first-order valence-corrected chi connectivity index (χ1v) is 5.51. The Morgan fingerprint density at radius 3 is 2.41 bits per heavy atom. The summed E-state index contributed by atoms with van der Waals surface area (Å²) in [4.78, 5) is 23.1. The lowest BCUT2D eigenvalue weighted by molar-refractivity contribution is -0.136. The summed E-state index contributed by atoms with van der Waals surface area (Å²) >= 11 is 0. The molecule has 1 fully saturated rings. The highest BCUT2D eigenvalue weighted by Crippen LogP contribution is 2.09. The van der Waals surface area contributed by atoms with Crippen molar-refractivity contribution in [3.63, 3.8) is 0 Å². The highest BCUT2D eigenvalue weighted by Gasteiger charge is 2.30. The number of nitrogens with one attached hydrogen (secondary N) is 2. The third-order valence-electron chi connectivity index (χ3n) is 2.80. The van der Waals surface area contributed by atoms with Crippen LogP contribution in [0.3, 0.4) is 0 Å². The second kappa shape index (κ2) is 4.45. The number of piperazine rings is 1. The van der Waals surface area contributed by atoms with Crippen molar-refractivity contribution in [3.8, 4) is 0 Å². The SMILES string of the molecule is C[C@@H]1NC(=O)[C@H](Cc2ccc(N)cc2)NC1=O. The van der Waals surface area contributed by atoms with E-state index in [1.54, 1.807) is 19.1 Å². The average Bonchev–Trinajstić information content (AvgIpc) is 2.29. The van der Waals surface area contributed by atoms with Crippen LogP contribution >= 0.6 is 0 Å². The number of carbonyl (C=O) groups excluding carboxylic acids is 2. The van der Waals surface area contributed by atoms with Crippen LogP contribution in [-0.4, -0.2) is 23.9 Å². The molecule has 1 aromatic carbocycles. The fourth-order valence-electron chi connectivity index (χ4n) is 1.77. The zero-order valence-electron chi connectivity index (χ0n) is 9.57. The molecule has 4 N–H and O–H groups in total. The summed E-state index contributed by atoms with van der Waals surface area (Å²) < 4.78 is 0. The molecule has 90 valence electrons. The number of nitrogen functional groups attached to an aromatic ring is 1. The van der Waals surface area contributed by atoms with Gasteiger partial charge in [0.05, 0.1) is 0 Å². The molecule has 0 aliphatic carbocycles. The van der Waals surface area contributed by atoms with Gasteiger partial charge in [-0.05, 0) is 24.6 Å². The Kier molecular flexibility index (Phi) is 2.99. The van der Waals surface area contributed by atoms with Gasteiger partial charge < -0.3 is 16.4 Å². The van der Waals surface area contributed by atoms with Crippen LogP contribution in [0.2, 0.25) is 0 Å². The van der Waals surface area contributed by atoms with E-state index < -0.39 is 12.1 Å². The molecule has 17 heavy (non-hydrogen) atoms. The number of rotatable bonds is 2. The summed E-state index contributed by atoms with van der Waals surface area (Å²) in [6.07, 6.45) is 0.477. The largest absolute Gasteiger partial charge is 0.399 e. The van der Waals surface area contributed by atoms with E-state index in [4.69, 9.17) is 5.73 Å². The van der Waals surface area contributed by atoms with E-state index in [-0.39, 0.29) is 11.8 Å². The quantitative estimate of drug-likeness (QED) is 0.619. The standard InChI is InChI=1S/C12H15N3O2/c1-7-11(16)15-10(12(17)14-7)6-8-2-4-9(13)5-3-8/h2-5,7,10H,6,13H2,1H3,(H,14,17)(H,15,16)/t7-,10-/m0/s1. The molecule has 1 aliphatic heterocycles. The van der Waals surface area contributed by atoms with Gasteiger partial charge in [0.15, 0.2) is 0 Å². The Balaban J connectivity index is 2.06. The third-order valence-corrected chi connectivity index (χ3v) is 2.80.